The van der Waals surface area contributed by atoms with E-state index in [1.807, 2.05) is 6.92 Å². The first-order valence-corrected chi connectivity index (χ1v) is 7.90. The number of nitrogens with zero attached hydrogens (tertiary/aromatic N) is 3. The van der Waals surface area contributed by atoms with Gasteiger partial charge in [0.15, 0.2) is 0 Å². The van der Waals surface area contributed by atoms with E-state index < -0.39 is 11.7 Å². The molecule has 0 saturated heterocycles. The summed E-state index contributed by atoms with van der Waals surface area (Å²) in [5, 5.41) is 14.0. The van der Waals surface area contributed by atoms with Gasteiger partial charge in [0.1, 0.15) is 5.82 Å². The molecule has 0 radical (unpaired) electrons. The third-order valence-electron chi connectivity index (χ3n) is 3.51. The maximum atomic E-state index is 12.7. The predicted octanol–water partition coefficient (Wildman–Crippen LogP) is 4.00. The third-order valence-corrected chi connectivity index (χ3v) is 3.51. The number of rotatable bonds is 6. The van der Waals surface area contributed by atoms with Gasteiger partial charge in [0.05, 0.1) is 17.7 Å². The molecule has 9 heteroatoms. The quantitative estimate of drug-likeness (QED) is 0.689. The van der Waals surface area contributed by atoms with Crippen LogP contribution in [0, 0.1) is 0 Å². The molecule has 26 heavy (non-hydrogen) atoms. The monoisotopic (exact) mass is 363 g/mol. The summed E-state index contributed by atoms with van der Waals surface area (Å²) in [6.45, 7) is 3.18. The summed E-state index contributed by atoms with van der Waals surface area (Å²) < 4.78 is 43.6. The summed E-state index contributed by atoms with van der Waals surface area (Å²) in [4.78, 5) is 4.22. The number of aromatic nitrogens is 3. The highest BCUT2D eigenvalue weighted by atomic mass is 19.4. The van der Waals surface area contributed by atoms with E-state index in [-0.39, 0.29) is 5.89 Å². The molecular formula is C17H16F3N5O. The number of hydrogen-bond donors (Lipinski definition) is 2. The van der Waals surface area contributed by atoms with E-state index >= 15 is 0 Å². The van der Waals surface area contributed by atoms with Crippen molar-refractivity contribution in [3.8, 4) is 11.5 Å². The van der Waals surface area contributed by atoms with Crippen molar-refractivity contribution < 1.29 is 17.6 Å². The Kier molecular flexibility index (Phi) is 5.17. The zero-order valence-corrected chi connectivity index (χ0v) is 13.8. The zero-order valence-electron chi connectivity index (χ0n) is 13.8. The fraction of sp³-hybridized carbons (Fsp3) is 0.235. The molecule has 1 aromatic carbocycles. The second-order valence-corrected chi connectivity index (χ2v) is 5.38. The van der Waals surface area contributed by atoms with Crippen LogP contribution >= 0.6 is 0 Å². The van der Waals surface area contributed by atoms with Crippen LogP contribution < -0.4 is 10.6 Å². The molecule has 0 unspecified atom stereocenters. The molecule has 3 aromatic rings. The average molecular weight is 363 g/mol. The van der Waals surface area contributed by atoms with Crippen LogP contribution in [-0.2, 0) is 12.7 Å². The second kappa shape index (κ2) is 7.52. The Balaban J connectivity index is 1.82. The number of nitrogens with one attached hydrogen (secondary N) is 2. The molecule has 0 amide bonds. The number of hydrogen-bond acceptors (Lipinski definition) is 6. The average Bonchev–Trinajstić information content (AvgIpc) is 3.09. The number of pyridine rings is 1. The lowest BCUT2D eigenvalue weighted by molar-refractivity contribution is -0.137. The molecule has 0 spiro atoms. The van der Waals surface area contributed by atoms with Crippen molar-refractivity contribution in [2.75, 3.05) is 11.9 Å². The molecule has 136 valence electrons. The Labute approximate surface area is 147 Å². The molecule has 2 N–H and O–H groups in total. The summed E-state index contributed by atoms with van der Waals surface area (Å²) in [5.41, 5.74) is 0.308. The van der Waals surface area contributed by atoms with Crippen LogP contribution in [0.2, 0.25) is 0 Å². The molecule has 3 rings (SSSR count). The Bertz CT molecular complexity index is 861. The summed E-state index contributed by atoms with van der Waals surface area (Å²) >= 11 is 0. The molecular weight excluding hydrogens is 347 g/mol. The number of alkyl halides is 3. The lowest BCUT2D eigenvalue weighted by atomic mass is 10.2. The smallest absolute Gasteiger partial charge is 0.416 e. The minimum absolute atomic E-state index is 0.278. The second-order valence-electron chi connectivity index (χ2n) is 5.38. The first-order chi connectivity index (χ1) is 12.5. The highest BCUT2D eigenvalue weighted by Gasteiger charge is 2.30. The van der Waals surface area contributed by atoms with Gasteiger partial charge in [0, 0.05) is 11.9 Å². The predicted molar refractivity (Wildman–Crippen MR) is 89.6 cm³/mol. The summed E-state index contributed by atoms with van der Waals surface area (Å²) in [6.07, 6.45) is -2.81. The van der Waals surface area contributed by atoms with E-state index in [1.54, 1.807) is 18.3 Å². The molecule has 0 fully saturated rings. The van der Waals surface area contributed by atoms with Crippen molar-refractivity contribution in [2.24, 2.45) is 0 Å². The van der Waals surface area contributed by atoms with E-state index in [9.17, 15) is 13.2 Å². The highest BCUT2D eigenvalue weighted by Crippen LogP contribution is 2.31. The Morgan fingerprint density at radius 1 is 1.08 bits per heavy atom. The zero-order chi connectivity index (χ0) is 18.6. The van der Waals surface area contributed by atoms with Crippen molar-refractivity contribution in [1.82, 2.24) is 20.5 Å². The van der Waals surface area contributed by atoms with Gasteiger partial charge in [0.25, 0.3) is 5.89 Å². The van der Waals surface area contributed by atoms with Gasteiger partial charge in [-0.25, -0.2) is 4.98 Å². The molecule has 0 aliphatic heterocycles. The fourth-order valence-corrected chi connectivity index (χ4v) is 2.22. The van der Waals surface area contributed by atoms with Crippen molar-refractivity contribution in [1.29, 1.82) is 0 Å². The van der Waals surface area contributed by atoms with Crippen LogP contribution in [0.25, 0.3) is 11.5 Å². The lowest BCUT2D eigenvalue weighted by Crippen LogP contribution is -2.11. The first kappa shape index (κ1) is 17.9. The van der Waals surface area contributed by atoms with Crippen molar-refractivity contribution >= 4 is 11.5 Å². The third kappa shape index (κ3) is 4.17. The number of benzene rings is 1. The van der Waals surface area contributed by atoms with Crippen LogP contribution in [0.4, 0.5) is 24.7 Å². The standard InChI is InChI=1S/C17H16F3N5O/c1-2-21-10-14-24-25-16(26-14)13-4-3-9-22-15(13)23-12-7-5-11(6-8-12)17(18,19)20/h3-9,21H,2,10H2,1H3,(H,22,23). The molecule has 0 saturated carbocycles. The topological polar surface area (TPSA) is 75.9 Å². The van der Waals surface area contributed by atoms with Crippen LogP contribution in [0.5, 0.6) is 0 Å². The minimum Gasteiger partial charge on any atom is -0.419 e. The van der Waals surface area contributed by atoms with Gasteiger partial charge in [-0.2, -0.15) is 13.2 Å². The van der Waals surface area contributed by atoms with Gasteiger partial charge in [-0.15, -0.1) is 10.2 Å². The van der Waals surface area contributed by atoms with E-state index in [0.29, 0.717) is 29.5 Å². The van der Waals surface area contributed by atoms with Gasteiger partial charge in [-0.1, -0.05) is 6.92 Å². The molecule has 2 aromatic heterocycles. The van der Waals surface area contributed by atoms with Crippen molar-refractivity contribution in [3.63, 3.8) is 0 Å². The number of anilines is 2. The molecule has 6 nitrogen and oxygen atoms in total. The highest BCUT2D eigenvalue weighted by molar-refractivity contribution is 5.73. The van der Waals surface area contributed by atoms with Gasteiger partial charge < -0.3 is 15.1 Å². The van der Waals surface area contributed by atoms with Gasteiger partial charge in [0.2, 0.25) is 5.89 Å². The van der Waals surface area contributed by atoms with Gasteiger partial charge in [-0.05, 0) is 42.9 Å². The molecule has 0 aliphatic rings. The van der Waals surface area contributed by atoms with E-state index in [4.69, 9.17) is 4.42 Å². The summed E-state index contributed by atoms with van der Waals surface area (Å²) in [6, 6.07) is 8.14. The molecule has 0 aliphatic carbocycles. The molecule has 2 heterocycles. The molecule has 0 atom stereocenters. The normalized spacial score (nSPS) is 11.5. The Morgan fingerprint density at radius 3 is 2.54 bits per heavy atom. The van der Waals surface area contributed by atoms with Gasteiger partial charge >= 0.3 is 6.18 Å². The van der Waals surface area contributed by atoms with Crippen LogP contribution in [0.3, 0.4) is 0 Å². The maximum Gasteiger partial charge on any atom is 0.416 e. The van der Waals surface area contributed by atoms with E-state index in [1.165, 1.54) is 12.1 Å². The minimum atomic E-state index is -4.37. The Morgan fingerprint density at radius 2 is 1.85 bits per heavy atom. The van der Waals surface area contributed by atoms with Crippen LogP contribution in [0.15, 0.2) is 47.0 Å². The van der Waals surface area contributed by atoms with Crippen LogP contribution in [-0.4, -0.2) is 21.7 Å². The Hall–Kier alpha value is -2.94. The summed E-state index contributed by atoms with van der Waals surface area (Å²) in [7, 11) is 0. The number of halogens is 3. The van der Waals surface area contributed by atoms with Gasteiger partial charge in [-0.3, -0.25) is 0 Å². The fourth-order valence-electron chi connectivity index (χ4n) is 2.22. The van der Waals surface area contributed by atoms with Crippen LogP contribution in [0.1, 0.15) is 18.4 Å². The molecule has 0 bridgehead atoms. The van der Waals surface area contributed by atoms with Crippen molar-refractivity contribution in [2.45, 2.75) is 19.6 Å². The first-order valence-electron chi connectivity index (χ1n) is 7.90. The maximum absolute atomic E-state index is 12.7. The van der Waals surface area contributed by atoms with E-state index in [2.05, 4.69) is 25.8 Å². The van der Waals surface area contributed by atoms with Crippen molar-refractivity contribution in [3.05, 3.63) is 54.0 Å². The van der Waals surface area contributed by atoms with E-state index in [0.717, 1.165) is 18.7 Å². The summed E-state index contributed by atoms with van der Waals surface area (Å²) in [5.74, 6) is 1.12. The SMILES string of the molecule is CCNCc1nnc(-c2cccnc2Nc2ccc(C(F)(F)F)cc2)o1. The largest absolute Gasteiger partial charge is 0.419 e. The lowest BCUT2D eigenvalue weighted by Gasteiger charge is -2.10.